The maximum Gasteiger partial charge on any atom is 0.266 e. The van der Waals surface area contributed by atoms with E-state index in [1.807, 2.05) is 74.2 Å². The van der Waals surface area contributed by atoms with Crippen molar-refractivity contribution in [2.45, 2.75) is 45.7 Å². The van der Waals surface area contributed by atoms with Crippen molar-refractivity contribution >= 4 is 57.8 Å². The molecule has 0 unspecified atom stereocenters. The predicted octanol–water partition coefficient (Wildman–Crippen LogP) is 6.15. The SMILES string of the molecule is CC(C)(C)N(Cc1ccccc1)C(=O)CCCN1C(=O)C(=Cc2ccccc2Cl)SC1=S. The van der Waals surface area contributed by atoms with E-state index >= 15 is 0 Å². The van der Waals surface area contributed by atoms with E-state index in [1.165, 1.54) is 11.8 Å². The number of nitrogens with zero attached hydrogens (tertiary/aromatic N) is 2. The molecule has 32 heavy (non-hydrogen) atoms. The average Bonchev–Trinajstić information content (AvgIpc) is 3.01. The number of hydrogen-bond donors (Lipinski definition) is 0. The largest absolute Gasteiger partial charge is 0.334 e. The Morgan fingerprint density at radius 2 is 1.78 bits per heavy atom. The molecule has 0 atom stereocenters. The number of hydrogen-bond acceptors (Lipinski definition) is 4. The zero-order valence-corrected chi connectivity index (χ0v) is 20.9. The van der Waals surface area contributed by atoms with Gasteiger partial charge in [-0.2, -0.15) is 0 Å². The first-order valence-electron chi connectivity index (χ1n) is 10.5. The van der Waals surface area contributed by atoms with Crippen LogP contribution in [0.25, 0.3) is 6.08 Å². The summed E-state index contributed by atoms with van der Waals surface area (Å²) < 4.78 is 0.512. The Kier molecular flexibility index (Phi) is 8.15. The number of benzene rings is 2. The number of rotatable bonds is 7. The summed E-state index contributed by atoms with van der Waals surface area (Å²) >= 11 is 12.9. The third kappa shape index (κ3) is 6.21. The molecule has 1 aliphatic rings. The van der Waals surface area contributed by atoms with Gasteiger partial charge < -0.3 is 4.90 Å². The van der Waals surface area contributed by atoms with Crippen molar-refractivity contribution in [2.75, 3.05) is 6.54 Å². The van der Waals surface area contributed by atoms with Crippen LogP contribution in [0, 0.1) is 0 Å². The molecule has 0 aliphatic carbocycles. The molecule has 4 nitrogen and oxygen atoms in total. The van der Waals surface area contributed by atoms with Crippen LogP contribution in [0.2, 0.25) is 5.02 Å². The Morgan fingerprint density at radius 1 is 1.12 bits per heavy atom. The highest BCUT2D eigenvalue weighted by molar-refractivity contribution is 8.26. The lowest BCUT2D eigenvalue weighted by Crippen LogP contribution is -2.45. The summed E-state index contributed by atoms with van der Waals surface area (Å²) in [4.78, 5) is 29.9. The molecule has 1 saturated heterocycles. The minimum atomic E-state index is -0.299. The van der Waals surface area contributed by atoms with Gasteiger partial charge in [0.25, 0.3) is 5.91 Å². The lowest BCUT2D eigenvalue weighted by Gasteiger charge is -2.36. The summed E-state index contributed by atoms with van der Waals surface area (Å²) in [6.45, 7) is 7.09. The lowest BCUT2D eigenvalue weighted by atomic mass is 10.0. The van der Waals surface area contributed by atoms with Gasteiger partial charge >= 0.3 is 0 Å². The minimum absolute atomic E-state index is 0.0680. The van der Waals surface area contributed by atoms with Gasteiger partial charge in [0, 0.05) is 30.1 Å². The number of halogens is 1. The van der Waals surface area contributed by atoms with Gasteiger partial charge in [-0.1, -0.05) is 84.1 Å². The predicted molar refractivity (Wildman–Crippen MR) is 137 cm³/mol. The van der Waals surface area contributed by atoms with E-state index in [-0.39, 0.29) is 17.4 Å². The highest BCUT2D eigenvalue weighted by atomic mass is 35.5. The van der Waals surface area contributed by atoms with E-state index in [0.29, 0.717) is 40.2 Å². The summed E-state index contributed by atoms with van der Waals surface area (Å²) in [5.74, 6) is -0.0669. The van der Waals surface area contributed by atoms with Crippen LogP contribution in [0.4, 0.5) is 0 Å². The maximum absolute atomic E-state index is 13.0. The van der Waals surface area contributed by atoms with Crippen LogP contribution >= 0.6 is 35.6 Å². The van der Waals surface area contributed by atoms with E-state index in [2.05, 4.69) is 0 Å². The Balaban J connectivity index is 1.61. The summed E-state index contributed by atoms with van der Waals surface area (Å²) in [6, 6.07) is 17.3. The summed E-state index contributed by atoms with van der Waals surface area (Å²) in [6.07, 6.45) is 2.67. The van der Waals surface area contributed by atoms with Crippen molar-refractivity contribution < 1.29 is 9.59 Å². The van der Waals surface area contributed by atoms with Crippen molar-refractivity contribution in [3.8, 4) is 0 Å². The van der Waals surface area contributed by atoms with Gasteiger partial charge in [-0.15, -0.1) is 0 Å². The van der Waals surface area contributed by atoms with Crippen molar-refractivity contribution in [3.63, 3.8) is 0 Å². The second-order valence-corrected chi connectivity index (χ2v) is 10.7. The van der Waals surface area contributed by atoms with Crippen LogP contribution in [0.1, 0.15) is 44.7 Å². The molecule has 7 heteroatoms. The van der Waals surface area contributed by atoms with Crippen LogP contribution in [0.15, 0.2) is 59.5 Å². The van der Waals surface area contributed by atoms with Crippen molar-refractivity contribution in [3.05, 3.63) is 75.7 Å². The van der Waals surface area contributed by atoms with Gasteiger partial charge in [0.05, 0.1) is 4.91 Å². The van der Waals surface area contributed by atoms with E-state index in [0.717, 1.165) is 11.1 Å². The monoisotopic (exact) mass is 486 g/mol. The Labute approximate surface area is 204 Å². The summed E-state index contributed by atoms with van der Waals surface area (Å²) in [7, 11) is 0. The van der Waals surface area contributed by atoms with Crippen LogP contribution in [0.3, 0.4) is 0 Å². The van der Waals surface area contributed by atoms with Gasteiger partial charge in [-0.25, -0.2) is 0 Å². The number of carbonyl (C=O) groups is 2. The Hall–Kier alpha value is -2.15. The number of amides is 2. The molecule has 2 amide bonds. The van der Waals surface area contributed by atoms with E-state index in [9.17, 15) is 9.59 Å². The molecular formula is C25H27ClN2O2S2. The summed E-state index contributed by atoms with van der Waals surface area (Å²) in [5, 5.41) is 0.587. The standard InChI is InChI=1S/C25H27ClN2O2S2/c1-25(2,3)28(17-18-10-5-4-6-11-18)22(29)14-9-15-27-23(30)21(32-24(27)31)16-19-12-7-8-13-20(19)26/h4-8,10-13,16H,9,14-15,17H2,1-3H3. The zero-order valence-electron chi connectivity index (χ0n) is 18.5. The molecule has 0 spiro atoms. The van der Waals surface area contributed by atoms with E-state index in [1.54, 1.807) is 17.0 Å². The van der Waals surface area contributed by atoms with Crippen molar-refractivity contribution in [1.29, 1.82) is 0 Å². The second kappa shape index (κ2) is 10.6. The lowest BCUT2D eigenvalue weighted by molar-refractivity contribution is -0.137. The topological polar surface area (TPSA) is 40.6 Å². The third-order valence-corrected chi connectivity index (χ3v) is 6.85. The van der Waals surface area contributed by atoms with Gasteiger partial charge in [-0.05, 0) is 50.5 Å². The van der Waals surface area contributed by atoms with Crippen LogP contribution < -0.4 is 0 Å². The quantitative estimate of drug-likeness (QED) is 0.347. The first-order valence-corrected chi connectivity index (χ1v) is 12.1. The first kappa shape index (κ1) is 24.5. The maximum atomic E-state index is 13.0. The molecule has 0 radical (unpaired) electrons. The highest BCUT2D eigenvalue weighted by Crippen LogP contribution is 2.34. The molecule has 1 aliphatic heterocycles. The Bertz CT molecular complexity index is 1030. The third-order valence-electron chi connectivity index (χ3n) is 5.13. The zero-order chi connectivity index (χ0) is 23.3. The fourth-order valence-corrected chi connectivity index (χ4v) is 4.90. The second-order valence-electron chi connectivity index (χ2n) is 8.59. The molecule has 1 fully saturated rings. The van der Waals surface area contributed by atoms with Gasteiger partial charge in [0.15, 0.2) is 0 Å². The fraction of sp³-hybridized carbons (Fsp3) is 0.320. The first-order chi connectivity index (χ1) is 15.2. The molecule has 0 saturated carbocycles. The molecule has 0 aromatic heterocycles. The Morgan fingerprint density at radius 3 is 2.44 bits per heavy atom. The van der Waals surface area contributed by atoms with Crippen molar-refractivity contribution in [2.24, 2.45) is 0 Å². The molecule has 3 rings (SSSR count). The van der Waals surface area contributed by atoms with Gasteiger partial charge in [0.1, 0.15) is 4.32 Å². The number of thiocarbonyl (C=S) groups is 1. The van der Waals surface area contributed by atoms with E-state index < -0.39 is 0 Å². The molecule has 168 valence electrons. The molecular weight excluding hydrogens is 460 g/mol. The van der Waals surface area contributed by atoms with Crippen molar-refractivity contribution in [1.82, 2.24) is 9.80 Å². The minimum Gasteiger partial charge on any atom is -0.334 e. The molecule has 0 N–H and O–H groups in total. The molecule has 0 bridgehead atoms. The number of thioether (sulfide) groups is 1. The van der Waals surface area contributed by atoms with Crippen LogP contribution in [0.5, 0.6) is 0 Å². The fourth-order valence-electron chi connectivity index (χ4n) is 3.41. The number of carbonyl (C=O) groups excluding carboxylic acids is 2. The van der Waals surface area contributed by atoms with Gasteiger partial charge in [-0.3, -0.25) is 14.5 Å². The normalized spacial score (nSPS) is 15.5. The van der Waals surface area contributed by atoms with E-state index in [4.69, 9.17) is 23.8 Å². The van der Waals surface area contributed by atoms with Crippen LogP contribution in [-0.2, 0) is 16.1 Å². The van der Waals surface area contributed by atoms with Crippen LogP contribution in [-0.4, -0.2) is 38.0 Å². The highest BCUT2D eigenvalue weighted by Gasteiger charge is 2.32. The molecule has 2 aromatic rings. The summed E-state index contributed by atoms with van der Waals surface area (Å²) in [5.41, 5.74) is 1.58. The van der Waals surface area contributed by atoms with Gasteiger partial charge in [0.2, 0.25) is 5.91 Å². The smallest absolute Gasteiger partial charge is 0.266 e. The average molecular weight is 487 g/mol. The molecule has 2 aromatic carbocycles. The molecule has 1 heterocycles.